The van der Waals surface area contributed by atoms with Gasteiger partial charge >= 0.3 is 0 Å². The molecule has 1 aliphatic rings. The number of benzene rings is 3. The van der Waals surface area contributed by atoms with Crippen molar-refractivity contribution in [2.45, 2.75) is 25.6 Å². The van der Waals surface area contributed by atoms with Gasteiger partial charge in [-0.15, -0.1) is 0 Å². The van der Waals surface area contributed by atoms with Crippen LogP contribution < -0.4 is 19.5 Å². The third kappa shape index (κ3) is 5.66. The molecule has 178 valence electrons. The largest absolute Gasteiger partial charge is 0.493 e. The Hall–Kier alpha value is -3.58. The topological polar surface area (TPSA) is 60.0 Å². The zero-order chi connectivity index (χ0) is 23.9. The van der Waals surface area contributed by atoms with Gasteiger partial charge < -0.3 is 19.5 Å². The molecule has 0 saturated carbocycles. The van der Waals surface area contributed by atoms with Crippen molar-refractivity contribution in [1.29, 1.82) is 0 Å². The highest BCUT2D eigenvalue weighted by atomic mass is 19.1. The van der Waals surface area contributed by atoms with E-state index in [-0.39, 0.29) is 11.7 Å². The molecule has 1 heterocycles. The van der Waals surface area contributed by atoms with Crippen LogP contribution in [0.1, 0.15) is 29.2 Å². The minimum absolute atomic E-state index is 0.0596. The Labute approximate surface area is 199 Å². The predicted molar refractivity (Wildman–Crippen MR) is 127 cm³/mol. The molecule has 1 atom stereocenters. The number of halogens is 1. The van der Waals surface area contributed by atoms with Crippen molar-refractivity contribution in [2.24, 2.45) is 0 Å². The van der Waals surface area contributed by atoms with Gasteiger partial charge in [0.05, 0.1) is 14.2 Å². The summed E-state index contributed by atoms with van der Waals surface area (Å²) in [5, 5.41) is 2.96. The van der Waals surface area contributed by atoms with Gasteiger partial charge in [-0.25, -0.2) is 4.39 Å². The summed E-state index contributed by atoms with van der Waals surface area (Å²) in [5.41, 5.74) is 2.46. The minimum atomic E-state index is -0.459. The van der Waals surface area contributed by atoms with Gasteiger partial charge in [-0.05, 0) is 29.8 Å². The minimum Gasteiger partial charge on any atom is -0.493 e. The van der Waals surface area contributed by atoms with Gasteiger partial charge in [0, 0.05) is 43.7 Å². The normalized spacial score (nSPS) is 15.6. The molecule has 0 aliphatic carbocycles. The number of hydrogen-bond acceptors (Lipinski definition) is 5. The van der Waals surface area contributed by atoms with Crippen LogP contribution in [0.4, 0.5) is 4.39 Å². The maximum Gasteiger partial charge on any atom is 0.221 e. The Morgan fingerprint density at radius 1 is 1.06 bits per heavy atom. The molecule has 0 aromatic heterocycles. The number of para-hydroxylation sites is 1. The Morgan fingerprint density at radius 2 is 1.82 bits per heavy atom. The second-order valence-electron chi connectivity index (χ2n) is 8.19. The van der Waals surface area contributed by atoms with Crippen LogP contribution >= 0.6 is 0 Å². The molecule has 0 bridgehead atoms. The molecule has 0 radical (unpaired) electrons. The van der Waals surface area contributed by atoms with Crippen LogP contribution in [0.25, 0.3) is 0 Å². The maximum absolute atomic E-state index is 14.5. The number of fused-ring (bicyclic) bond motifs is 1. The van der Waals surface area contributed by atoms with E-state index in [1.54, 1.807) is 26.4 Å². The van der Waals surface area contributed by atoms with Crippen LogP contribution in [0.15, 0.2) is 66.7 Å². The number of hydrogen-bond donors (Lipinski definition) is 1. The highest BCUT2D eigenvalue weighted by Gasteiger charge is 2.26. The second-order valence-corrected chi connectivity index (χ2v) is 8.19. The molecule has 7 heteroatoms. The van der Waals surface area contributed by atoms with E-state index in [0.29, 0.717) is 49.7 Å². The van der Waals surface area contributed by atoms with E-state index in [2.05, 4.69) is 10.2 Å². The molecule has 1 unspecified atom stereocenters. The van der Waals surface area contributed by atoms with Crippen molar-refractivity contribution >= 4 is 5.91 Å². The van der Waals surface area contributed by atoms with Gasteiger partial charge in [0.1, 0.15) is 17.7 Å². The molecular weight excluding hydrogens is 435 g/mol. The molecule has 1 aliphatic heterocycles. The van der Waals surface area contributed by atoms with Crippen LogP contribution in [-0.2, 0) is 17.9 Å². The lowest BCUT2D eigenvalue weighted by Gasteiger charge is -2.24. The van der Waals surface area contributed by atoms with E-state index in [4.69, 9.17) is 14.2 Å². The number of carbonyl (C=O) groups excluding carboxylic acids is 1. The monoisotopic (exact) mass is 464 g/mol. The first-order valence-electron chi connectivity index (χ1n) is 11.3. The molecule has 3 aromatic carbocycles. The van der Waals surface area contributed by atoms with Crippen LogP contribution in [0.2, 0.25) is 0 Å². The number of amides is 1. The van der Waals surface area contributed by atoms with E-state index < -0.39 is 6.10 Å². The maximum atomic E-state index is 14.5. The smallest absolute Gasteiger partial charge is 0.221 e. The van der Waals surface area contributed by atoms with Crippen molar-refractivity contribution in [1.82, 2.24) is 10.2 Å². The highest BCUT2D eigenvalue weighted by Crippen LogP contribution is 2.32. The Balaban J connectivity index is 1.39. The van der Waals surface area contributed by atoms with Crippen LogP contribution in [0.5, 0.6) is 17.2 Å². The van der Waals surface area contributed by atoms with E-state index in [0.717, 1.165) is 16.9 Å². The summed E-state index contributed by atoms with van der Waals surface area (Å²) >= 11 is 0. The molecule has 0 saturated heterocycles. The molecular formula is C27H29FN2O4. The van der Waals surface area contributed by atoms with Crippen molar-refractivity contribution in [2.75, 3.05) is 27.3 Å². The Kier molecular flexibility index (Phi) is 7.65. The standard InChI is InChI=1S/C27H29FN2O4/c1-32-24-12-11-19(15-25(24)33-2)16-29-27(31)13-14-30-17-20-7-3-6-10-23(20)34-26(18-30)21-8-4-5-9-22(21)28/h3-12,15,26H,13-14,16-18H2,1-2H3,(H,29,31). The van der Waals surface area contributed by atoms with E-state index in [1.807, 2.05) is 48.5 Å². The molecule has 3 aromatic rings. The fourth-order valence-electron chi connectivity index (χ4n) is 4.09. The number of nitrogens with one attached hydrogen (secondary N) is 1. The van der Waals surface area contributed by atoms with Crippen molar-refractivity contribution in [3.8, 4) is 17.2 Å². The summed E-state index contributed by atoms with van der Waals surface area (Å²) in [6, 6.07) is 20.0. The van der Waals surface area contributed by atoms with E-state index >= 15 is 0 Å². The molecule has 0 fully saturated rings. The number of nitrogens with zero attached hydrogens (tertiary/aromatic N) is 1. The lowest BCUT2D eigenvalue weighted by molar-refractivity contribution is -0.121. The van der Waals surface area contributed by atoms with Crippen molar-refractivity contribution < 1.29 is 23.4 Å². The summed E-state index contributed by atoms with van der Waals surface area (Å²) in [6.45, 7) is 2.03. The van der Waals surface area contributed by atoms with Gasteiger partial charge in [-0.2, -0.15) is 0 Å². The number of methoxy groups -OCH3 is 2. The van der Waals surface area contributed by atoms with Crippen LogP contribution in [0, 0.1) is 5.82 Å². The third-order valence-electron chi connectivity index (χ3n) is 5.90. The first-order valence-corrected chi connectivity index (χ1v) is 11.3. The van der Waals surface area contributed by atoms with Crippen LogP contribution in [-0.4, -0.2) is 38.1 Å². The van der Waals surface area contributed by atoms with E-state index in [9.17, 15) is 9.18 Å². The fraction of sp³-hybridized carbons (Fsp3) is 0.296. The first-order chi connectivity index (χ1) is 16.6. The molecule has 34 heavy (non-hydrogen) atoms. The highest BCUT2D eigenvalue weighted by molar-refractivity contribution is 5.76. The molecule has 1 amide bonds. The third-order valence-corrected chi connectivity index (χ3v) is 5.90. The Bertz CT molecular complexity index is 1140. The van der Waals surface area contributed by atoms with Gasteiger partial charge in [0.2, 0.25) is 5.91 Å². The lowest BCUT2D eigenvalue weighted by Crippen LogP contribution is -2.33. The number of ether oxygens (including phenoxy) is 3. The zero-order valence-corrected chi connectivity index (χ0v) is 19.4. The average molecular weight is 465 g/mol. The number of carbonyl (C=O) groups is 1. The van der Waals surface area contributed by atoms with Gasteiger partial charge in [-0.3, -0.25) is 9.69 Å². The van der Waals surface area contributed by atoms with Gasteiger partial charge in [0.25, 0.3) is 0 Å². The van der Waals surface area contributed by atoms with Crippen molar-refractivity contribution in [3.63, 3.8) is 0 Å². The second kappa shape index (κ2) is 11.0. The SMILES string of the molecule is COc1ccc(CNC(=O)CCN2Cc3ccccc3OC(c3ccccc3F)C2)cc1OC. The molecule has 0 spiro atoms. The molecule has 4 rings (SSSR count). The molecule has 6 nitrogen and oxygen atoms in total. The first kappa shape index (κ1) is 23.6. The quantitative estimate of drug-likeness (QED) is 0.533. The summed E-state index contributed by atoms with van der Waals surface area (Å²) in [7, 11) is 3.17. The predicted octanol–water partition coefficient (Wildman–Crippen LogP) is 4.49. The molecule has 1 N–H and O–H groups in total. The van der Waals surface area contributed by atoms with Gasteiger partial charge in [-0.1, -0.05) is 42.5 Å². The summed E-state index contributed by atoms with van der Waals surface area (Å²) in [4.78, 5) is 14.7. The zero-order valence-electron chi connectivity index (χ0n) is 19.4. The number of rotatable bonds is 8. The Morgan fingerprint density at radius 3 is 2.62 bits per heavy atom. The van der Waals surface area contributed by atoms with Gasteiger partial charge in [0.15, 0.2) is 11.5 Å². The summed E-state index contributed by atoms with van der Waals surface area (Å²) in [6.07, 6.45) is -0.140. The fourth-order valence-corrected chi connectivity index (χ4v) is 4.09. The van der Waals surface area contributed by atoms with Crippen LogP contribution in [0.3, 0.4) is 0 Å². The van der Waals surface area contributed by atoms with E-state index in [1.165, 1.54) is 6.07 Å². The average Bonchev–Trinajstić information content (AvgIpc) is 3.05. The summed E-state index contributed by atoms with van der Waals surface area (Å²) < 4.78 is 31.3. The summed E-state index contributed by atoms with van der Waals surface area (Å²) in [5.74, 6) is 1.66. The lowest BCUT2D eigenvalue weighted by atomic mass is 10.1. The van der Waals surface area contributed by atoms with Crippen molar-refractivity contribution in [3.05, 3.63) is 89.2 Å².